The number of halogens is 1. The van der Waals surface area contributed by atoms with Crippen molar-refractivity contribution in [3.8, 4) is 17.6 Å². The molecule has 2 fully saturated rings. The van der Waals surface area contributed by atoms with Crippen LogP contribution >= 0.6 is 11.6 Å². The first-order chi connectivity index (χ1) is 24.0. The van der Waals surface area contributed by atoms with Crippen LogP contribution in [0, 0.1) is 29.6 Å². The molecule has 1 saturated carbocycles. The summed E-state index contributed by atoms with van der Waals surface area (Å²) in [6.07, 6.45) is 6.97. The fraction of sp³-hybridized carbons (Fsp3) is 0.615. The van der Waals surface area contributed by atoms with Crippen LogP contribution in [0.15, 0.2) is 36.4 Å². The molecule has 3 heterocycles. The van der Waals surface area contributed by atoms with Gasteiger partial charge in [-0.15, -0.1) is 0 Å². The van der Waals surface area contributed by atoms with E-state index in [1.165, 1.54) is 5.56 Å². The summed E-state index contributed by atoms with van der Waals surface area (Å²) in [5, 5.41) is 12.3. The summed E-state index contributed by atoms with van der Waals surface area (Å²) in [7, 11) is -3.96. The molecule has 2 bridgehead atoms. The molecule has 2 aromatic carbocycles. The largest absolute Gasteiger partial charge is 0.487 e. The first kappa shape index (κ1) is 37.0. The number of morpholine rings is 1. The van der Waals surface area contributed by atoms with Gasteiger partial charge in [-0.05, 0) is 112 Å². The topological polar surface area (TPSA) is 108 Å². The van der Waals surface area contributed by atoms with Gasteiger partial charge >= 0.3 is 0 Å². The highest BCUT2D eigenvalue weighted by atomic mass is 35.5. The lowest BCUT2D eigenvalue weighted by Crippen LogP contribution is -2.50. The minimum atomic E-state index is -3.96. The number of hydrogen-bond donors (Lipinski definition) is 2. The molecule has 3 aliphatic heterocycles. The average Bonchev–Trinajstić information content (AvgIpc) is 3.11. The number of ether oxygens (including phenoxy) is 2. The van der Waals surface area contributed by atoms with Gasteiger partial charge in [-0.25, -0.2) is 13.1 Å². The Balaban J connectivity index is 1.33. The maximum absolute atomic E-state index is 13.5. The zero-order valence-electron chi connectivity index (χ0n) is 29.5. The SMILES string of the molecule is C[C@@H]1[C@@H](C)CCC[C@](O)(C#CCCN2CCOCC2)[C@@H]2CC[C@H]2CN2CCCCc3cc(Cl)ccc3COc3ccc(cc32)C(=O)NS1(=O)=O. The Bertz CT molecular complexity index is 1690. The molecule has 5 atom stereocenters. The summed E-state index contributed by atoms with van der Waals surface area (Å²) < 4.78 is 41.2. The zero-order valence-corrected chi connectivity index (χ0v) is 31.0. The van der Waals surface area contributed by atoms with Crippen LogP contribution in [0.2, 0.25) is 5.02 Å². The van der Waals surface area contributed by atoms with Gasteiger partial charge in [0.2, 0.25) is 10.0 Å². The third-order valence-electron chi connectivity index (χ3n) is 11.4. The Morgan fingerprint density at radius 3 is 2.62 bits per heavy atom. The van der Waals surface area contributed by atoms with E-state index in [0.29, 0.717) is 49.6 Å². The Morgan fingerprint density at radius 2 is 1.84 bits per heavy atom. The number of carbonyl (C=O) groups excluding carboxylic acids is 1. The van der Waals surface area contributed by atoms with Crippen molar-refractivity contribution in [1.29, 1.82) is 0 Å². The summed E-state index contributed by atoms with van der Waals surface area (Å²) in [6.45, 7) is 9.42. The van der Waals surface area contributed by atoms with E-state index in [2.05, 4.69) is 26.4 Å². The summed E-state index contributed by atoms with van der Waals surface area (Å²) in [6, 6.07) is 11.1. The molecule has 2 aromatic rings. The molecule has 1 amide bonds. The van der Waals surface area contributed by atoms with Crippen molar-refractivity contribution in [3.63, 3.8) is 0 Å². The van der Waals surface area contributed by atoms with Crippen LogP contribution in [-0.2, 0) is 27.8 Å². The molecule has 2 N–H and O–H groups in total. The van der Waals surface area contributed by atoms with E-state index in [1.54, 1.807) is 25.1 Å². The fourth-order valence-electron chi connectivity index (χ4n) is 7.89. The summed E-state index contributed by atoms with van der Waals surface area (Å²) in [5.41, 5.74) is 2.08. The Morgan fingerprint density at radius 1 is 1.02 bits per heavy atom. The molecule has 9 nitrogen and oxygen atoms in total. The average molecular weight is 726 g/mol. The number of hydrogen-bond acceptors (Lipinski definition) is 8. The van der Waals surface area contributed by atoms with E-state index in [4.69, 9.17) is 21.1 Å². The molecule has 0 aromatic heterocycles. The van der Waals surface area contributed by atoms with Crippen LogP contribution in [0.25, 0.3) is 0 Å². The lowest BCUT2D eigenvalue weighted by molar-refractivity contribution is -0.0447. The second-order valence-electron chi connectivity index (χ2n) is 14.7. The van der Waals surface area contributed by atoms with Crippen molar-refractivity contribution < 1.29 is 27.8 Å². The van der Waals surface area contributed by atoms with E-state index >= 15 is 0 Å². The Hall–Kier alpha value is -2.81. The Kier molecular flexibility index (Phi) is 12.0. The van der Waals surface area contributed by atoms with Crippen LogP contribution in [0.3, 0.4) is 0 Å². The van der Waals surface area contributed by atoms with Gasteiger partial charge in [0, 0.05) is 55.6 Å². The van der Waals surface area contributed by atoms with E-state index in [9.17, 15) is 18.3 Å². The van der Waals surface area contributed by atoms with E-state index in [0.717, 1.165) is 82.7 Å². The van der Waals surface area contributed by atoms with E-state index in [1.807, 2.05) is 25.1 Å². The second kappa shape index (κ2) is 16.2. The number of aliphatic hydroxyl groups is 1. The maximum Gasteiger partial charge on any atom is 0.264 e. The molecule has 0 unspecified atom stereocenters. The van der Waals surface area contributed by atoms with Crippen molar-refractivity contribution in [1.82, 2.24) is 9.62 Å². The lowest BCUT2D eigenvalue weighted by atomic mass is 9.63. The normalized spacial score (nSPS) is 29.4. The van der Waals surface area contributed by atoms with Crippen molar-refractivity contribution in [2.45, 2.75) is 89.1 Å². The van der Waals surface area contributed by atoms with Gasteiger partial charge in [0.25, 0.3) is 5.91 Å². The van der Waals surface area contributed by atoms with Gasteiger partial charge in [0.1, 0.15) is 18.0 Å². The third-order valence-corrected chi connectivity index (χ3v) is 13.6. The fourth-order valence-corrected chi connectivity index (χ4v) is 9.39. The predicted octanol–water partition coefficient (Wildman–Crippen LogP) is 5.81. The third kappa shape index (κ3) is 8.79. The zero-order chi connectivity index (χ0) is 35.3. The molecular weight excluding hydrogens is 674 g/mol. The van der Waals surface area contributed by atoms with Gasteiger partial charge < -0.3 is 19.5 Å². The number of anilines is 1. The summed E-state index contributed by atoms with van der Waals surface area (Å²) >= 11 is 6.37. The van der Waals surface area contributed by atoms with Crippen molar-refractivity contribution in [2.75, 3.05) is 50.8 Å². The number of nitrogens with zero attached hydrogens (tertiary/aromatic N) is 2. The number of nitrogens with one attached hydrogen (secondary N) is 1. The van der Waals surface area contributed by atoms with Crippen LogP contribution in [-0.4, -0.2) is 81.1 Å². The maximum atomic E-state index is 13.5. The number of carbonyl (C=O) groups is 1. The van der Waals surface area contributed by atoms with E-state index < -0.39 is 26.8 Å². The number of fused-ring (bicyclic) bond motifs is 3. The minimum absolute atomic E-state index is 0.0109. The number of rotatable bonds is 2. The van der Waals surface area contributed by atoms with Gasteiger partial charge in [-0.2, -0.15) is 0 Å². The molecule has 1 aliphatic carbocycles. The van der Waals surface area contributed by atoms with Gasteiger partial charge in [-0.3, -0.25) is 9.69 Å². The second-order valence-corrected chi connectivity index (χ2v) is 17.2. The van der Waals surface area contributed by atoms with Crippen molar-refractivity contribution in [3.05, 3.63) is 58.1 Å². The summed E-state index contributed by atoms with van der Waals surface area (Å²) in [5.74, 6) is 6.67. The molecule has 0 spiro atoms. The standard InChI is InChI=1S/C39H52ClN3O6S/c1-28-8-7-17-39(45,16-4-6-18-42-20-22-48-23-21-42)35-14-11-32(35)26-43-19-5-3-9-30-24-34(40)13-10-33(30)27-49-37-15-12-31(25-36(37)43)38(44)41-50(46,47)29(28)2/h10,12-13,15,24-25,28-29,32,35,45H,3,5-9,11,14,17-23,26-27H2,1-2H3,(H,41,44)/t28-,29+,32-,35+,39+/m0/s1. The molecule has 272 valence electrons. The molecule has 4 aliphatic rings. The minimum Gasteiger partial charge on any atom is -0.487 e. The van der Waals surface area contributed by atoms with Crippen LogP contribution in [0.4, 0.5) is 5.69 Å². The smallest absolute Gasteiger partial charge is 0.264 e. The molecule has 50 heavy (non-hydrogen) atoms. The number of benzene rings is 2. The highest BCUT2D eigenvalue weighted by molar-refractivity contribution is 7.90. The molecule has 6 rings (SSSR count). The van der Waals surface area contributed by atoms with E-state index in [-0.39, 0.29) is 23.3 Å². The number of sulfonamides is 1. The van der Waals surface area contributed by atoms with Crippen molar-refractivity contribution in [2.24, 2.45) is 17.8 Å². The quantitative estimate of drug-likeness (QED) is 0.374. The van der Waals surface area contributed by atoms with Crippen molar-refractivity contribution >= 4 is 33.2 Å². The molecular formula is C39H52ClN3O6S. The van der Waals surface area contributed by atoms with Crippen LogP contribution < -0.4 is 14.4 Å². The molecule has 0 radical (unpaired) electrons. The predicted molar refractivity (Wildman–Crippen MR) is 197 cm³/mol. The van der Waals surface area contributed by atoms with Gasteiger partial charge in [-0.1, -0.05) is 36.4 Å². The first-order valence-electron chi connectivity index (χ1n) is 18.4. The number of aryl methyl sites for hydroxylation is 1. The van der Waals surface area contributed by atoms with Gasteiger partial charge in [0.05, 0.1) is 24.2 Å². The van der Waals surface area contributed by atoms with Crippen LogP contribution in [0.5, 0.6) is 5.75 Å². The van der Waals surface area contributed by atoms with Gasteiger partial charge in [0.15, 0.2) is 0 Å². The monoisotopic (exact) mass is 725 g/mol. The summed E-state index contributed by atoms with van der Waals surface area (Å²) in [4.78, 5) is 18.1. The highest BCUT2D eigenvalue weighted by Gasteiger charge is 2.46. The Labute approximate surface area is 303 Å². The van der Waals surface area contributed by atoms with Crippen LogP contribution in [0.1, 0.15) is 86.7 Å². The molecule has 1 saturated heterocycles. The molecule has 11 heteroatoms. The highest BCUT2D eigenvalue weighted by Crippen LogP contribution is 2.46. The first-order valence-corrected chi connectivity index (χ1v) is 20.3. The number of amides is 1. The lowest BCUT2D eigenvalue weighted by Gasteiger charge is -2.47.